The molecular weight excluding hydrogens is 244 g/mol. The summed E-state index contributed by atoms with van der Waals surface area (Å²) >= 11 is 4.77. The van der Waals surface area contributed by atoms with Crippen molar-refractivity contribution in [1.82, 2.24) is 5.32 Å². The van der Waals surface area contributed by atoms with Crippen LogP contribution in [0.5, 0.6) is 0 Å². The predicted octanol–water partition coefficient (Wildman–Crippen LogP) is 1.36. The Kier molecular flexibility index (Phi) is 2.82. The van der Waals surface area contributed by atoms with Crippen LogP contribution in [0, 0.1) is 11.8 Å². The molecule has 3 rings (SSSR count). The van der Waals surface area contributed by atoms with Crippen molar-refractivity contribution < 1.29 is 4.79 Å². The lowest BCUT2D eigenvalue weighted by molar-refractivity contribution is -0.122. The van der Waals surface area contributed by atoms with Crippen molar-refractivity contribution in [2.75, 3.05) is 6.54 Å². The van der Waals surface area contributed by atoms with Crippen molar-refractivity contribution in [1.29, 1.82) is 0 Å². The number of carbonyl (C=O) groups is 1. The summed E-state index contributed by atoms with van der Waals surface area (Å²) in [6.45, 7) is 0.311. The van der Waals surface area contributed by atoms with Gasteiger partial charge in [-0.1, -0.05) is 36.5 Å². The maximum absolute atomic E-state index is 12.1. The van der Waals surface area contributed by atoms with Crippen LogP contribution in [0.4, 0.5) is 0 Å². The zero-order chi connectivity index (χ0) is 12.7. The molecule has 1 amide bonds. The van der Waals surface area contributed by atoms with Crippen LogP contribution in [0.2, 0.25) is 0 Å². The summed E-state index contributed by atoms with van der Waals surface area (Å²) in [6, 6.07) is 8.47. The van der Waals surface area contributed by atoms with Crippen molar-refractivity contribution in [2.45, 2.75) is 18.8 Å². The largest absolute Gasteiger partial charge is 0.392 e. The van der Waals surface area contributed by atoms with Crippen molar-refractivity contribution in [3.05, 3.63) is 35.4 Å². The molecule has 0 spiro atoms. The van der Waals surface area contributed by atoms with E-state index in [9.17, 15) is 4.79 Å². The quantitative estimate of drug-likeness (QED) is 0.807. The summed E-state index contributed by atoms with van der Waals surface area (Å²) in [6.07, 6.45) is 2.21. The van der Waals surface area contributed by atoms with E-state index in [0.29, 0.717) is 23.4 Å². The number of benzene rings is 1. The standard InChI is InChI=1S/C14H16N2OS/c15-11(18)7-16-14(17)13-10-6-5-8-3-1-2-4-9(8)12(10)13/h1-4,10,12-13H,5-7H2,(H2,15,18)(H,16,17). The van der Waals surface area contributed by atoms with E-state index in [1.54, 1.807) is 0 Å². The van der Waals surface area contributed by atoms with Gasteiger partial charge in [0.1, 0.15) is 0 Å². The van der Waals surface area contributed by atoms with Crippen molar-refractivity contribution in [3.63, 3.8) is 0 Å². The van der Waals surface area contributed by atoms with Gasteiger partial charge in [0.15, 0.2) is 0 Å². The first kappa shape index (κ1) is 11.7. The van der Waals surface area contributed by atoms with Crippen LogP contribution >= 0.6 is 12.2 Å². The highest BCUT2D eigenvalue weighted by Crippen LogP contribution is 2.59. The van der Waals surface area contributed by atoms with Crippen LogP contribution < -0.4 is 11.1 Å². The molecule has 1 aromatic carbocycles. The van der Waals surface area contributed by atoms with E-state index >= 15 is 0 Å². The topological polar surface area (TPSA) is 55.1 Å². The second kappa shape index (κ2) is 4.35. The zero-order valence-electron chi connectivity index (χ0n) is 10.1. The molecule has 0 aromatic heterocycles. The predicted molar refractivity (Wildman–Crippen MR) is 74.3 cm³/mol. The van der Waals surface area contributed by atoms with E-state index in [-0.39, 0.29) is 11.8 Å². The fourth-order valence-corrected chi connectivity index (χ4v) is 3.29. The van der Waals surface area contributed by atoms with E-state index in [1.165, 1.54) is 11.1 Å². The second-order valence-electron chi connectivity index (χ2n) is 5.14. The Morgan fingerprint density at radius 2 is 2.22 bits per heavy atom. The first-order chi connectivity index (χ1) is 8.68. The summed E-state index contributed by atoms with van der Waals surface area (Å²) in [4.78, 5) is 12.4. The number of rotatable bonds is 3. The molecule has 3 N–H and O–H groups in total. The second-order valence-corrected chi connectivity index (χ2v) is 5.66. The van der Waals surface area contributed by atoms with Crippen LogP contribution in [-0.2, 0) is 11.2 Å². The van der Waals surface area contributed by atoms with E-state index in [0.717, 1.165) is 12.8 Å². The molecule has 1 saturated carbocycles. The van der Waals surface area contributed by atoms with Crippen molar-refractivity contribution in [2.24, 2.45) is 17.6 Å². The van der Waals surface area contributed by atoms with Crippen LogP contribution in [0.3, 0.4) is 0 Å². The van der Waals surface area contributed by atoms with Crippen LogP contribution in [0.15, 0.2) is 24.3 Å². The Labute approximate surface area is 112 Å². The first-order valence-electron chi connectivity index (χ1n) is 6.32. The molecule has 3 nitrogen and oxygen atoms in total. The fourth-order valence-electron chi connectivity index (χ4n) is 3.22. The molecule has 1 aromatic rings. The molecule has 0 aliphatic heterocycles. The SMILES string of the molecule is NC(=S)CNC(=O)C1C2CCc3ccccc3C21. The summed E-state index contributed by atoms with van der Waals surface area (Å²) < 4.78 is 0. The molecule has 3 unspecified atom stereocenters. The summed E-state index contributed by atoms with van der Waals surface area (Å²) in [5, 5.41) is 2.83. The van der Waals surface area contributed by atoms with Gasteiger partial charge in [0.05, 0.1) is 11.5 Å². The lowest BCUT2D eigenvalue weighted by Gasteiger charge is -2.13. The average molecular weight is 260 g/mol. The average Bonchev–Trinajstić information content (AvgIpc) is 3.10. The van der Waals surface area contributed by atoms with Gasteiger partial charge in [-0.15, -0.1) is 0 Å². The Bertz CT molecular complexity index is 514. The smallest absolute Gasteiger partial charge is 0.224 e. The number of nitrogens with one attached hydrogen (secondary N) is 1. The monoisotopic (exact) mass is 260 g/mol. The van der Waals surface area contributed by atoms with Crippen LogP contribution in [0.25, 0.3) is 0 Å². The molecule has 0 radical (unpaired) electrons. The van der Waals surface area contributed by atoms with Gasteiger partial charge >= 0.3 is 0 Å². The Balaban J connectivity index is 1.73. The maximum Gasteiger partial charge on any atom is 0.224 e. The van der Waals surface area contributed by atoms with Crippen LogP contribution in [0.1, 0.15) is 23.5 Å². The highest BCUT2D eigenvalue weighted by molar-refractivity contribution is 7.80. The normalized spacial score (nSPS) is 27.9. The number of thiocarbonyl (C=S) groups is 1. The molecule has 0 heterocycles. The van der Waals surface area contributed by atoms with Crippen molar-refractivity contribution in [3.8, 4) is 0 Å². The lowest BCUT2D eigenvalue weighted by atomic mass is 9.92. The van der Waals surface area contributed by atoms with Gasteiger partial charge in [0.25, 0.3) is 0 Å². The van der Waals surface area contributed by atoms with Gasteiger partial charge in [-0.2, -0.15) is 0 Å². The molecule has 3 atom stereocenters. The minimum Gasteiger partial charge on any atom is -0.392 e. The Hall–Kier alpha value is -1.42. The molecule has 94 valence electrons. The number of nitrogens with two attached hydrogens (primary N) is 1. The fraction of sp³-hybridized carbons (Fsp3) is 0.429. The van der Waals surface area contributed by atoms with E-state index in [1.807, 2.05) is 0 Å². The van der Waals surface area contributed by atoms with Gasteiger partial charge < -0.3 is 11.1 Å². The van der Waals surface area contributed by atoms with E-state index in [4.69, 9.17) is 18.0 Å². The first-order valence-corrected chi connectivity index (χ1v) is 6.73. The number of fused-ring (bicyclic) bond motifs is 3. The number of carbonyl (C=O) groups excluding carboxylic acids is 1. The van der Waals surface area contributed by atoms with Gasteiger partial charge in [0.2, 0.25) is 5.91 Å². The highest BCUT2D eigenvalue weighted by atomic mass is 32.1. The zero-order valence-corrected chi connectivity index (χ0v) is 10.9. The third-order valence-electron chi connectivity index (χ3n) is 4.07. The third-order valence-corrected chi connectivity index (χ3v) is 4.21. The van der Waals surface area contributed by atoms with Gasteiger partial charge in [-0.25, -0.2) is 0 Å². The highest BCUT2D eigenvalue weighted by Gasteiger charge is 2.56. The van der Waals surface area contributed by atoms with Gasteiger partial charge in [0, 0.05) is 5.92 Å². The number of amides is 1. The summed E-state index contributed by atoms with van der Waals surface area (Å²) in [7, 11) is 0. The van der Waals surface area contributed by atoms with E-state index in [2.05, 4.69) is 29.6 Å². The molecule has 2 aliphatic carbocycles. The lowest BCUT2D eigenvalue weighted by Crippen LogP contribution is -2.33. The minimum absolute atomic E-state index is 0.106. The Morgan fingerprint density at radius 1 is 1.44 bits per heavy atom. The number of hydrogen-bond acceptors (Lipinski definition) is 2. The van der Waals surface area contributed by atoms with E-state index < -0.39 is 0 Å². The molecular formula is C14H16N2OS. The minimum atomic E-state index is 0.106. The summed E-state index contributed by atoms with van der Waals surface area (Å²) in [5.74, 6) is 1.17. The van der Waals surface area contributed by atoms with Gasteiger partial charge in [-0.05, 0) is 35.8 Å². The molecule has 0 saturated heterocycles. The maximum atomic E-state index is 12.1. The molecule has 4 heteroatoms. The van der Waals surface area contributed by atoms with Crippen LogP contribution in [-0.4, -0.2) is 17.4 Å². The molecule has 0 bridgehead atoms. The van der Waals surface area contributed by atoms with Crippen molar-refractivity contribution >= 4 is 23.1 Å². The number of aryl methyl sites for hydroxylation is 1. The third kappa shape index (κ3) is 1.90. The molecule has 2 aliphatic rings. The Morgan fingerprint density at radius 3 is 3.00 bits per heavy atom. The molecule has 18 heavy (non-hydrogen) atoms. The number of hydrogen-bond donors (Lipinski definition) is 2. The molecule has 1 fully saturated rings. The van der Waals surface area contributed by atoms with Gasteiger partial charge in [-0.3, -0.25) is 4.79 Å². The summed E-state index contributed by atoms with van der Waals surface area (Å²) in [5.41, 5.74) is 8.17.